The predicted octanol–water partition coefficient (Wildman–Crippen LogP) is 1.92. The van der Waals surface area contributed by atoms with Crippen molar-refractivity contribution in [3.63, 3.8) is 0 Å². The fraction of sp³-hybridized carbons (Fsp3) is 0.0667. The molecular weight excluding hydrogens is 380 g/mol. The Balaban J connectivity index is 1.73. The molecule has 2 aromatic heterocycles. The number of halogens is 1. The highest BCUT2D eigenvalue weighted by Crippen LogP contribution is 2.18. The lowest BCUT2D eigenvalue weighted by atomic mass is 10.3. The maximum absolute atomic E-state index is 12.3. The Morgan fingerprint density at radius 2 is 1.81 bits per heavy atom. The number of amides is 1. The maximum atomic E-state index is 12.3. The van der Waals surface area contributed by atoms with Gasteiger partial charge in [-0.05, 0) is 42.5 Å². The number of benzene rings is 1. The van der Waals surface area contributed by atoms with E-state index in [9.17, 15) is 13.2 Å². The van der Waals surface area contributed by atoms with Crippen LogP contribution in [-0.2, 0) is 17.1 Å². The molecule has 0 radical (unpaired) electrons. The monoisotopic (exact) mass is 392 g/mol. The number of aromatic nitrogens is 4. The van der Waals surface area contributed by atoms with E-state index in [1.807, 2.05) is 0 Å². The number of sulfonamides is 1. The van der Waals surface area contributed by atoms with E-state index in [-0.39, 0.29) is 21.8 Å². The summed E-state index contributed by atoms with van der Waals surface area (Å²) in [5.41, 5.74) is 0.825. The summed E-state index contributed by atoms with van der Waals surface area (Å²) in [5, 5.41) is 14.0. The Kier molecular flexibility index (Phi) is 4.87. The molecule has 0 fully saturated rings. The van der Waals surface area contributed by atoms with Crippen molar-refractivity contribution in [2.45, 2.75) is 4.90 Å². The third-order valence-electron chi connectivity index (χ3n) is 3.35. The number of aryl methyl sites for hydroxylation is 1. The van der Waals surface area contributed by atoms with E-state index >= 15 is 0 Å². The van der Waals surface area contributed by atoms with E-state index in [0.29, 0.717) is 11.4 Å². The van der Waals surface area contributed by atoms with Gasteiger partial charge in [-0.2, -0.15) is 5.10 Å². The van der Waals surface area contributed by atoms with Crippen LogP contribution in [0, 0.1) is 0 Å². The molecule has 11 heteroatoms. The van der Waals surface area contributed by atoms with Crippen LogP contribution < -0.4 is 10.0 Å². The lowest BCUT2D eigenvalue weighted by Crippen LogP contribution is -2.17. The summed E-state index contributed by atoms with van der Waals surface area (Å²) < 4.78 is 28.4. The van der Waals surface area contributed by atoms with Crippen molar-refractivity contribution in [3.8, 4) is 0 Å². The molecule has 26 heavy (non-hydrogen) atoms. The van der Waals surface area contributed by atoms with Crippen LogP contribution in [0.15, 0.2) is 53.6 Å². The smallest absolute Gasteiger partial charge is 0.273 e. The standard InChI is InChI=1S/C15H13ClN6O3S/c1-22-12(8-9-17-22)15(23)18-10-2-4-11(5-3-10)26(24,25)21-14-7-6-13(16)19-20-14/h2-9H,1H3,(H,18,23)(H,20,21). The molecular formula is C15H13ClN6O3S. The molecule has 0 aliphatic heterocycles. The van der Waals surface area contributed by atoms with Gasteiger partial charge in [0, 0.05) is 18.9 Å². The summed E-state index contributed by atoms with van der Waals surface area (Å²) in [6, 6.07) is 10.1. The molecule has 3 rings (SSSR count). The van der Waals surface area contributed by atoms with Gasteiger partial charge in [-0.1, -0.05) is 11.6 Å². The summed E-state index contributed by atoms with van der Waals surface area (Å²) in [6.07, 6.45) is 1.51. The summed E-state index contributed by atoms with van der Waals surface area (Å²) in [7, 11) is -2.20. The average Bonchev–Trinajstić information content (AvgIpc) is 3.03. The molecule has 0 saturated heterocycles. The fourth-order valence-electron chi connectivity index (χ4n) is 2.08. The lowest BCUT2D eigenvalue weighted by molar-refractivity contribution is 0.101. The first-order chi connectivity index (χ1) is 12.3. The first kappa shape index (κ1) is 17.8. The van der Waals surface area contributed by atoms with Crippen molar-refractivity contribution in [2.24, 2.45) is 7.05 Å². The molecule has 0 spiro atoms. The van der Waals surface area contributed by atoms with Gasteiger partial charge in [0.15, 0.2) is 11.0 Å². The second-order valence-corrected chi connectivity index (χ2v) is 7.24. The van der Waals surface area contributed by atoms with Crippen molar-refractivity contribution in [2.75, 3.05) is 10.0 Å². The Morgan fingerprint density at radius 1 is 1.08 bits per heavy atom. The van der Waals surface area contributed by atoms with Gasteiger partial charge in [-0.15, -0.1) is 10.2 Å². The number of carbonyl (C=O) groups is 1. The molecule has 2 N–H and O–H groups in total. The minimum absolute atomic E-state index is 0.00721. The van der Waals surface area contributed by atoms with Gasteiger partial charge in [-0.3, -0.25) is 14.2 Å². The maximum Gasteiger partial charge on any atom is 0.273 e. The molecule has 2 heterocycles. The first-order valence-corrected chi connectivity index (χ1v) is 9.13. The molecule has 1 aromatic carbocycles. The number of carbonyl (C=O) groups excluding carboxylic acids is 1. The topological polar surface area (TPSA) is 119 Å². The van der Waals surface area contributed by atoms with Gasteiger partial charge in [0.2, 0.25) is 0 Å². The van der Waals surface area contributed by atoms with E-state index in [4.69, 9.17) is 11.6 Å². The quantitative estimate of drug-likeness (QED) is 0.684. The SMILES string of the molecule is Cn1nccc1C(=O)Nc1ccc(S(=O)(=O)Nc2ccc(Cl)nn2)cc1. The zero-order valence-corrected chi connectivity index (χ0v) is 15.0. The van der Waals surface area contributed by atoms with Crippen molar-refractivity contribution in [1.82, 2.24) is 20.0 Å². The van der Waals surface area contributed by atoms with Crippen molar-refractivity contribution < 1.29 is 13.2 Å². The average molecular weight is 393 g/mol. The number of anilines is 2. The zero-order valence-electron chi connectivity index (χ0n) is 13.4. The van der Waals surface area contributed by atoms with Gasteiger partial charge in [0.1, 0.15) is 5.69 Å². The number of hydrogen-bond acceptors (Lipinski definition) is 6. The Morgan fingerprint density at radius 3 is 2.38 bits per heavy atom. The number of rotatable bonds is 5. The van der Waals surface area contributed by atoms with Crippen LogP contribution in [0.5, 0.6) is 0 Å². The van der Waals surface area contributed by atoms with E-state index in [1.165, 1.54) is 47.3 Å². The van der Waals surface area contributed by atoms with Gasteiger partial charge in [0.25, 0.3) is 15.9 Å². The molecule has 0 saturated carbocycles. The van der Waals surface area contributed by atoms with E-state index in [0.717, 1.165) is 0 Å². The molecule has 0 aliphatic rings. The van der Waals surface area contributed by atoms with Gasteiger partial charge in [0.05, 0.1) is 4.90 Å². The summed E-state index contributed by atoms with van der Waals surface area (Å²) in [5.74, 6) is -0.307. The second-order valence-electron chi connectivity index (χ2n) is 5.17. The minimum Gasteiger partial charge on any atom is -0.321 e. The molecule has 0 atom stereocenters. The van der Waals surface area contributed by atoms with E-state index < -0.39 is 10.0 Å². The van der Waals surface area contributed by atoms with Gasteiger partial charge >= 0.3 is 0 Å². The number of nitrogens with one attached hydrogen (secondary N) is 2. The highest BCUT2D eigenvalue weighted by molar-refractivity contribution is 7.92. The molecule has 9 nitrogen and oxygen atoms in total. The predicted molar refractivity (Wildman–Crippen MR) is 95.5 cm³/mol. The van der Waals surface area contributed by atoms with Crippen molar-refractivity contribution in [3.05, 3.63) is 59.5 Å². The Bertz CT molecular complexity index is 1030. The summed E-state index contributed by atoms with van der Waals surface area (Å²) in [4.78, 5) is 12.1. The molecule has 0 unspecified atom stereocenters. The molecule has 3 aromatic rings. The van der Waals surface area contributed by atoms with E-state index in [2.05, 4.69) is 25.3 Å². The van der Waals surface area contributed by atoms with Crippen molar-refractivity contribution >= 4 is 39.0 Å². The van der Waals surface area contributed by atoms with Crippen LogP contribution in [0.3, 0.4) is 0 Å². The van der Waals surface area contributed by atoms with Crippen LogP contribution in [0.1, 0.15) is 10.5 Å². The first-order valence-electron chi connectivity index (χ1n) is 7.26. The van der Waals surface area contributed by atoms with E-state index in [1.54, 1.807) is 13.1 Å². The third-order valence-corrected chi connectivity index (χ3v) is 4.92. The van der Waals surface area contributed by atoms with Crippen LogP contribution >= 0.6 is 11.6 Å². The van der Waals surface area contributed by atoms with Crippen molar-refractivity contribution in [1.29, 1.82) is 0 Å². The number of nitrogens with zero attached hydrogens (tertiary/aromatic N) is 4. The highest BCUT2D eigenvalue weighted by atomic mass is 35.5. The summed E-state index contributed by atoms with van der Waals surface area (Å²) in [6.45, 7) is 0. The Labute approximate surface area is 154 Å². The zero-order chi connectivity index (χ0) is 18.7. The fourth-order valence-corrected chi connectivity index (χ4v) is 3.17. The van der Waals surface area contributed by atoms with Crippen LogP contribution in [0.25, 0.3) is 0 Å². The third kappa shape index (κ3) is 3.98. The van der Waals surface area contributed by atoms with Crippen LogP contribution in [0.2, 0.25) is 5.15 Å². The van der Waals surface area contributed by atoms with Crippen LogP contribution in [0.4, 0.5) is 11.5 Å². The lowest BCUT2D eigenvalue weighted by Gasteiger charge is -2.09. The summed E-state index contributed by atoms with van der Waals surface area (Å²) >= 11 is 5.61. The second kappa shape index (κ2) is 7.10. The van der Waals surface area contributed by atoms with Crippen LogP contribution in [-0.4, -0.2) is 34.3 Å². The number of hydrogen-bond donors (Lipinski definition) is 2. The highest BCUT2D eigenvalue weighted by Gasteiger charge is 2.16. The van der Waals surface area contributed by atoms with Gasteiger partial charge in [-0.25, -0.2) is 8.42 Å². The minimum atomic E-state index is -3.84. The Hall–Kier alpha value is -2.98. The van der Waals surface area contributed by atoms with Gasteiger partial charge < -0.3 is 5.32 Å². The molecule has 134 valence electrons. The molecule has 0 aliphatic carbocycles. The molecule has 1 amide bonds. The largest absolute Gasteiger partial charge is 0.321 e. The molecule has 0 bridgehead atoms. The normalized spacial score (nSPS) is 11.2.